The number of aromatic carboxylic acids is 1. The molecule has 0 aliphatic carbocycles. The summed E-state index contributed by atoms with van der Waals surface area (Å²) >= 11 is 3.97. The Kier molecular flexibility index (Phi) is 6.14. The maximum atomic E-state index is 12.6. The summed E-state index contributed by atoms with van der Waals surface area (Å²) in [6.07, 6.45) is 0.324. The van der Waals surface area contributed by atoms with Crippen LogP contribution in [-0.4, -0.2) is 48.1 Å². The third-order valence-corrected chi connectivity index (χ3v) is 6.88. The Morgan fingerprint density at radius 3 is 2.50 bits per heavy atom. The van der Waals surface area contributed by atoms with Crippen molar-refractivity contribution >= 4 is 43.3 Å². The lowest BCUT2D eigenvalue weighted by Crippen LogP contribution is -2.38. The maximum absolute atomic E-state index is 12.6. The highest BCUT2D eigenvalue weighted by Crippen LogP contribution is 2.34. The Bertz CT molecular complexity index is 582. The number of aliphatic hydroxyl groups excluding tert-OH is 1. The van der Waals surface area contributed by atoms with Crippen molar-refractivity contribution in [3.8, 4) is 0 Å². The molecule has 0 saturated carbocycles. The highest BCUT2D eigenvalue weighted by atomic mass is 79.9. The van der Waals surface area contributed by atoms with Gasteiger partial charge in [-0.3, -0.25) is 0 Å². The van der Waals surface area contributed by atoms with Crippen LogP contribution in [0, 0.1) is 0 Å². The number of hydrogen-bond acceptors (Lipinski definition) is 5. The Balaban J connectivity index is 3.22. The number of sulfonamides is 1. The van der Waals surface area contributed by atoms with E-state index in [4.69, 9.17) is 10.2 Å². The predicted octanol–water partition coefficient (Wildman–Crippen LogP) is 1.99. The quantitative estimate of drug-likeness (QED) is 0.748. The summed E-state index contributed by atoms with van der Waals surface area (Å²) in [5.41, 5.74) is 0. The van der Waals surface area contributed by atoms with Gasteiger partial charge in [0, 0.05) is 19.2 Å². The monoisotopic (exact) mass is 385 g/mol. The van der Waals surface area contributed by atoms with Gasteiger partial charge in [-0.15, -0.1) is 11.3 Å². The van der Waals surface area contributed by atoms with Crippen LogP contribution in [0.2, 0.25) is 0 Å². The number of aliphatic hydroxyl groups is 1. The smallest absolute Gasteiger partial charge is 0.345 e. The minimum atomic E-state index is -3.79. The minimum absolute atomic E-state index is 0.0404. The second-order valence-electron chi connectivity index (χ2n) is 4.34. The number of hydrogen-bond donors (Lipinski definition) is 2. The Labute approximate surface area is 130 Å². The maximum Gasteiger partial charge on any atom is 0.345 e. The van der Waals surface area contributed by atoms with Gasteiger partial charge in [0.15, 0.2) is 0 Å². The summed E-state index contributed by atoms with van der Waals surface area (Å²) in [7, 11) is -3.79. The van der Waals surface area contributed by atoms with Gasteiger partial charge >= 0.3 is 5.97 Å². The van der Waals surface area contributed by atoms with Crippen LogP contribution in [0.4, 0.5) is 0 Å². The molecule has 9 heteroatoms. The second-order valence-corrected chi connectivity index (χ2v) is 8.57. The number of nitrogens with zero attached hydrogens (tertiary/aromatic N) is 1. The molecule has 20 heavy (non-hydrogen) atoms. The summed E-state index contributed by atoms with van der Waals surface area (Å²) in [6.45, 7) is 3.53. The number of carbonyl (C=O) groups is 1. The van der Waals surface area contributed by atoms with Crippen LogP contribution in [0.1, 0.15) is 29.9 Å². The van der Waals surface area contributed by atoms with E-state index in [1.54, 1.807) is 13.8 Å². The first-order valence-corrected chi connectivity index (χ1v) is 8.92. The lowest BCUT2D eigenvalue weighted by atomic mass is 10.3. The van der Waals surface area contributed by atoms with E-state index in [0.29, 0.717) is 6.42 Å². The zero-order chi connectivity index (χ0) is 15.5. The molecule has 0 aliphatic heterocycles. The van der Waals surface area contributed by atoms with Gasteiger partial charge < -0.3 is 10.2 Å². The first-order chi connectivity index (χ1) is 9.21. The van der Waals surface area contributed by atoms with Crippen molar-refractivity contribution in [2.45, 2.75) is 31.2 Å². The topological polar surface area (TPSA) is 94.9 Å². The van der Waals surface area contributed by atoms with E-state index in [2.05, 4.69) is 15.9 Å². The van der Waals surface area contributed by atoms with Gasteiger partial charge in [0.05, 0.1) is 3.79 Å². The van der Waals surface area contributed by atoms with E-state index < -0.39 is 16.0 Å². The molecule has 0 radical (unpaired) electrons. The van der Waals surface area contributed by atoms with E-state index in [0.717, 1.165) is 17.4 Å². The first kappa shape index (κ1) is 17.6. The van der Waals surface area contributed by atoms with Gasteiger partial charge in [0.25, 0.3) is 0 Å². The summed E-state index contributed by atoms with van der Waals surface area (Å²) in [6, 6.07) is 0.868. The number of carboxylic acids is 1. The summed E-state index contributed by atoms with van der Waals surface area (Å²) in [5.74, 6) is -1.16. The van der Waals surface area contributed by atoms with Crippen molar-refractivity contribution in [3.05, 3.63) is 14.7 Å². The van der Waals surface area contributed by atoms with Crippen LogP contribution in [-0.2, 0) is 10.0 Å². The van der Waals surface area contributed by atoms with Crippen molar-refractivity contribution < 1.29 is 23.4 Å². The zero-order valence-electron chi connectivity index (χ0n) is 11.0. The van der Waals surface area contributed by atoms with Gasteiger partial charge in [-0.05, 0) is 42.3 Å². The molecule has 0 amide bonds. The number of rotatable bonds is 7. The Morgan fingerprint density at radius 2 is 2.10 bits per heavy atom. The standard InChI is InChI=1S/C11H16BrNO5S2/c1-7(2)13(4-3-5-14)20(17,18)9-6-8(11(15)16)19-10(9)12/h6-7,14H,3-5H2,1-2H3,(H,15,16). The molecule has 0 saturated heterocycles. The summed E-state index contributed by atoms with van der Waals surface area (Å²) in [4.78, 5) is 10.8. The number of thiophene rings is 1. The van der Waals surface area contributed by atoms with E-state index in [1.807, 2.05) is 0 Å². The van der Waals surface area contributed by atoms with Gasteiger partial charge in [-0.1, -0.05) is 0 Å². The lowest BCUT2D eigenvalue weighted by molar-refractivity contribution is 0.0702. The normalized spacial score (nSPS) is 12.3. The second kappa shape index (κ2) is 6.99. The molecule has 0 fully saturated rings. The van der Waals surface area contributed by atoms with Crippen molar-refractivity contribution in [1.29, 1.82) is 0 Å². The molecule has 0 bridgehead atoms. The molecule has 114 valence electrons. The lowest BCUT2D eigenvalue weighted by Gasteiger charge is -2.25. The molecule has 0 atom stereocenters. The first-order valence-electron chi connectivity index (χ1n) is 5.87. The molecule has 1 rings (SSSR count). The van der Waals surface area contributed by atoms with Crippen molar-refractivity contribution in [1.82, 2.24) is 4.31 Å². The van der Waals surface area contributed by atoms with Gasteiger partial charge in [0.1, 0.15) is 9.77 Å². The van der Waals surface area contributed by atoms with E-state index in [9.17, 15) is 13.2 Å². The number of halogens is 1. The fourth-order valence-corrected chi connectivity index (χ4v) is 5.67. The predicted molar refractivity (Wildman–Crippen MR) is 79.7 cm³/mol. The van der Waals surface area contributed by atoms with Crippen LogP contribution in [0.3, 0.4) is 0 Å². The molecule has 0 aliphatic rings. The van der Waals surface area contributed by atoms with Gasteiger partial charge in [0.2, 0.25) is 10.0 Å². The summed E-state index contributed by atoms with van der Waals surface area (Å²) in [5, 5.41) is 17.8. The van der Waals surface area contributed by atoms with E-state index in [1.165, 1.54) is 4.31 Å². The Hall–Kier alpha value is -0.480. The minimum Gasteiger partial charge on any atom is -0.477 e. The van der Waals surface area contributed by atoms with Crippen LogP contribution in [0.5, 0.6) is 0 Å². The number of carboxylic acid groups (broad SMARTS) is 1. The van der Waals surface area contributed by atoms with E-state index >= 15 is 0 Å². The highest BCUT2D eigenvalue weighted by molar-refractivity contribution is 9.11. The third-order valence-electron chi connectivity index (χ3n) is 2.57. The SMILES string of the molecule is CC(C)N(CCCO)S(=O)(=O)c1cc(C(=O)O)sc1Br. The molecule has 0 aromatic carbocycles. The van der Waals surface area contributed by atoms with Crippen LogP contribution in [0.25, 0.3) is 0 Å². The largest absolute Gasteiger partial charge is 0.477 e. The fourth-order valence-electron chi connectivity index (χ4n) is 1.64. The van der Waals surface area contributed by atoms with E-state index in [-0.39, 0.29) is 32.8 Å². The van der Waals surface area contributed by atoms with Crippen molar-refractivity contribution in [2.24, 2.45) is 0 Å². The van der Waals surface area contributed by atoms with Crippen LogP contribution >= 0.6 is 27.3 Å². The van der Waals surface area contributed by atoms with Gasteiger partial charge in [-0.2, -0.15) is 4.31 Å². The van der Waals surface area contributed by atoms with Crippen LogP contribution < -0.4 is 0 Å². The van der Waals surface area contributed by atoms with Crippen molar-refractivity contribution in [2.75, 3.05) is 13.2 Å². The molecular weight excluding hydrogens is 370 g/mol. The highest BCUT2D eigenvalue weighted by Gasteiger charge is 2.30. The zero-order valence-corrected chi connectivity index (χ0v) is 14.3. The molecule has 6 nitrogen and oxygen atoms in total. The fraction of sp³-hybridized carbons (Fsp3) is 0.545. The van der Waals surface area contributed by atoms with Crippen LogP contribution in [0.15, 0.2) is 14.7 Å². The van der Waals surface area contributed by atoms with Crippen molar-refractivity contribution in [3.63, 3.8) is 0 Å². The molecular formula is C11H16BrNO5S2. The molecule has 0 spiro atoms. The average Bonchev–Trinajstić information content (AvgIpc) is 2.72. The molecule has 2 N–H and O–H groups in total. The Morgan fingerprint density at radius 1 is 1.50 bits per heavy atom. The van der Waals surface area contributed by atoms with Gasteiger partial charge in [-0.25, -0.2) is 13.2 Å². The molecule has 1 heterocycles. The summed E-state index contributed by atoms with van der Waals surface area (Å²) < 4.78 is 26.6. The molecule has 0 unspecified atom stereocenters. The average molecular weight is 386 g/mol. The molecule has 1 aromatic rings. The molecule has 1 aromatic heterocycles. The third kappa shape index (κ3) is 3.79.